The van der Waals surface area contributed by atoms with Crippen molar-refractivity contribution >= 4 is 5.82 Å². The Balaban J connectivity index is 1.49. The van der Waals surface area contributed by atoms with Crippen molar-refractivity contribution in [3.8, 4) is 0 Å². The van der Waals surface area contributed by atoms with Crippen molar-refractivity contribution < 1.29 is 22.7 Å². The maximum atomic E-state index is 13.1. The molecule has 1 saturated carbocycles. The fraction of sp³-hybridized carbons (Fsp3) is 0.421. The van der Waals surface area contributed by atoms with Gasteiger partial charge in [-0.3, -0.25) is 0 Å². The van der Waals surface area contributed by atoms with E-state index in [4.69, 9.17) is 0 Å². The predicted octanol–water partition coefficient (Wildman–Crippen LogP) is 3.97. The number of rotatable bonds is 2. The predicted molar refractivity (Wildman–Crippen MR) is 88.0 cm³/mol. The Morgan fingerprint density at radius 1 is 1.00 bits per heavy atom. The van der Waals surface area contributed by atoms with Crippen LogP contribution in [0.4, 0.5) is 23.4 Å². The summed E-state index contributed by atoms with van der Waals surface area (Å²) in [6, 6.07) is 9.79. The third kappa shape index (κ3) is 3.05. The van der Waals surface area contributed by atoms with E-state index in [9.17, 15) is 22.7 Å². The third-order valence-corrected chi connectivity index (χ3v) is 5.51. The van der Waals surface area contributed by atoms with Crippen LogP contribution in [0.15, 0.2) is 42.5 Å². The number of pyridine rings is 1. The lowest BCUT2D eigenvalue weighted by Gasteiger charge is -2.27. The summed E-state index contributed by atoms with van der Waals surface area (Å²) < 4.78 is 51.7. The SMILES string of the molecule is OC1(c2ccc(F)cc2)CC2CN(c3cccc(C(F)(F)F)n3)CC2C1. The van der Waals surface area contributed by atoms with Gasteiger partial charge >= 0.3 is 6.18 Å². The molecule has 1 saturated heterocycles. The van der Waals surface area contributed by atoms with E-state index in [2.05, 4.69) is 4.98 Å². The van der Waals surface area contributed by atoms with Crippen LogP contribution in [0, 0.1) is 17.7 Å². The topological polar surface area (TPSA) is 36.4 Å². The van der Waals surface area contributed by atoms with Gasteiger partial charge in [0.05, 0.1) is 5.60 Å². The molecule has 0 spiro atoms. The van der Waals surface area contributed by atoms with E-state index in [0.717, 1.165) is 6.07 Å². The highest BCUT2D eigenvalue weighted by Gasteiger charge is 2.49. The minimum Gasteiger partial charge on any atom is -0.385 e. The lowest BCUT2D eigenvalue weighted by molar-refractivity contribution is -0.141. The quantitative estimate of drug-likeness (QED) is 0.817. The van der Waals surface area contributed by atoms with Crippen molar-refractivity contribution in [1.82, 2.24) is 4.98 Å². The average molecular weight is 366 g/mol. The van der Waals surface area contributed by atoms with Crippen molar-refractivity contribution in [2.75, 3.05) is 18.0 Å². The van der Waals surface area contributed by atoms with Gasteiger partial charge in [0.15, 0.2) is 0 Å². The van der Waals surface area contributed by atoms with Crippen LogP contribution in [0.3, 0.4) is 0 Å². The molecule has 2 heterocycles. The molecule has 0 radical (unpaired) electrons. The third-order valence-electron chi connectivity index (χ3n) is 5.51. The monoisotopic (exact) mass is 366 g/mol. The van der Waals surface area contributed by atoms with Gasteiger partial charge in [-0.1, -0.05) is 18.2 Å². The molecule has 1 N–H and O–H groups in total. The zero-order valence-corrected chi connectivity index (χ0v) is 13.9. The molecule has 1 aliphatic heterocycles. The highest BCUT2D eigenvalue weighted by atomic mass is 19.4. The van der Waals surface area contributed by atoms with Crippen LogP contribution < -0.4 is 4.90 Å². The number of hydrogen-bond donors (Lipinski definition) is 1. The Kier molecular flexibility index (Phi) is 3.95. The summed E-state index contributed by atoms with van der Waals surface area (Å²) in [5, 5.41) is 11.0. The molecular weight excluding hydrogens is 348 g/mol. The first-order valence-electron chi connectivity index (χ1n) is 8.52. The molecule has 2 aromatic rings. The van der Waals surface area contributed by atoms with Gasteiger partial charge < -0.3 is 10.0 Å². The highest BCUT2D eigenvalue weighted by Crippen LogP contribution is 2.49. The van der Waals surface area contributed by atoms with E-state index < -0.39 is 17.5 Å². The Bertz CT molecular complexity index is 792. The molecule has 26 heavy (non-hydrogen) atoms. The normalized spacial score (nSPS) is 28.4. The number of aromatic nitrogens is 1. The standard InChI is InChI=1S/C19H18F4N2O/c20-15-6-4-14(5-7-15)18(26)8-12-10-25(11-13(12)9-18)17-3-1-2-16(24-17)19(21,22)23/h1-7,12-13,26H,8-11H2. The zero-order chi connectivity index (χ0) is 18.5. The number of anilines is 1. The van der Waals surface area contributed by atoms with E-state index in [1.54, 1.807) is 18.2 Å². The van der Waals surface area contributed by atoms with Gasteiger partial charge in [0.1, 0.15) is 17.3 Å². The van der Waals surface area contributed by atoms with Crippen LogP contribution in [0.2, 0.25) is 0 Å². The smallest absolute Gasteiger partial charge is 0.385 e. The van der Waals surface area contributed by atoms with Crippen LogP contribution in [0.5, 0.6) is 0 Å². The maximum absolute atomic E-state index is 13.1. The first kappa shape index (κ1) is 17.3. The molecular formula is C19H18F4N2O. The van der Waals surface area contributed by atoms with Crippen molar-refractivity contribution in [3.63, 3.8) is 0 Å². The van der Waals surface area contributed by atoms with Crippen molar-refractivity contribution in [2.45, 2.75) is 24.6 Å². The Labute approximate surface area is 148 Å². The van der Waals surface area contributed by atoms with Crippen LogP contribution >= 0.6 is 0 Å². The number of aliphatic hydroxyl groups is 1. The Hall–Kier alpha value is -2.15. The molecule has 2 unspecified atom stereocenters. The minimum absolute atomic E-state index is 0.168. The molecule has 2 atom stereocenters. The molecule has 2 fully saturated rings. The largest absolute Gasteiger partial charge is 0.433 e. The van der Waals surface area contributed by atoms with Gasteiger partial charge in [-0.2, -0.15) is 13.2 Å². The fourth-order valence-electron chi connectivity index (χ4n) is 4.29. The Morgan fingerprint density at radius 2 is 1.62 bits per heavy atom. The molecule has 138 valence electrons. The number of hydrogen-bond acceptors (Lipinski definition) is 3. The number of fused-ring (bicyclic) bond motifs is 1. The summed E-state index contributed by atoms with van der Waals surface area (Å²) in [6.45, 7) is 1.12. The van der Waals surface area contributed by atoms with Crippen LogP contribution in [0.25, 0.3) is 0 Å². The van der Waals surface area contributed by atoms with Gasteiger partial charge in [-0.05, 0) is 54.5 Å². The first-order chi connectivity index (χ1) is 12.2. The second kappa shape index (κ2) is 5.94. The van der Waals surface area contributed by atoms with Crippen molar-refractivity contribution in [3.05, 3.63) is 59.5 Å². The molecule has 1 aromatic carbocycles. The molecule has 0 bridgehead atoms. The number of nitrogens with zero attached hydrogens (tertiary/aromatic N) is 2. The summed E-state index contributed by atoms with van der Waals surface area (Å²) in [7, 11) is 0. The summed E-state index contributed by atoms with van der Waals surface area (Å²) in [5.41, 5.74) is -1.21. The molecule has 2 aliphatic rings. The van der Waals surface area contributed by atoms with Gasteiger partial charge in [-0.15, -0.1) is 0 Å². The summed E-state index contributed by atoms with van der Waals surface area (Å²) >= 11 is 0. The van der Waals surface area contributed by atoms with Crippen LogP contribution in [0.1, 0.15) is 24.1 Å². The van der Waals surface area contributed by atoms with Crippen molar-refractivity contribution in [1.29, 1.82) is 0 Å². The lowest BCUT2D eigenvalue weighted by Crippen LogP contribution is -2.28. The Morgan fingerprint density at radius 3 is 2.19 bits per heavy atom. The number of halogens is 4. The molecule has 1 aliphatic carbocycles. The molecule has 0 amide bonds. The zero-order valence-electron chi connectivity index (χ0n) is 13.9. The van der Waals surface area contributed by atoms with Crippen LogP contribution in [-0.4, -0.2) is 23.2 Å². The summed E-state index contributed by atoms with van der Waals surface area (Å²) in [6.07, 6.45) is -3.44. The van der Waals surface area contributed by atoms with E-state index >= 15 is 0 Å². The summed E-state index contributed by atoms with van der Waals surface area (Å²) in [4.78, 5) is 5.61. The molecule has 3 nitrogen and oxygen atoms in total. The number of benzene rings is 1. The van der Waals surface area contributed by atoms with E-state index in [1.165, 1.54) is 18.2 Å². The molecule has 4 rings (SSSR count). The minimum atomic E-state index is -4.46. The van der Waals surface area contributed by atoms with Crippen LogP contribution in [-0.2, 0) is 11.8 Å². The van der Waals surface area contributed by atoms with Gasteiger partial charge in [0.25, 0.3) is 0 Å². The van der Waals surface area contributed by atoms with Gasteiger partial charge in [0, 0.05) is 13.1 Å². The molecule has 7 heteroatoms. The average Bonchev–Trinajstić information content (AvgIpc) is 3.10. The van der Waals surface area contributed by atoms with Gasteiger partial charge in [-0.25, -0.2) is 9.37 Å². The maximum Gasteiger partial charge on any atom is 0.433 e. The first-order valence-corrected chi connectivity index (χ1v) is 8.52. The van der Waals surface area contributed by atoms with Gasteiger partial charge in [0.2, 0.25) is 0 Å². The lowest BCUT2D eigenvalue weighted by atomic mass is 9.90. The van der Waals surface area contributed by atoms with E-state index in [-0.39, 0.29) is 17.7 Å². The van der Waals surface area contributed by atoms with Crippen molar-refractivity contribution in [2.24, 2.45) is 11.8 Å². The number of alkyl halides is 3. The highest BCUT2D eigenvalue weighted by molar-refractivity contribution is 5.42. The second-order valence-corrected chi connectivity index (χ2v) is 7.25. The second-order valence-electron chi connectivity index (χ2n) is 7.25. The van der Waals surface area contributed by atoms with E-state index in [0.29, 0.717) is 37.3 Å². The molecule has 1 aromatic heterocycles. The fourth-order valence-corrected chi connectivity index (χ4v) is 4.29. The van der Waals surface area contributed by atoms with E-state index in [1.807, 2.05) is 4.90 Å². The summed E-state index contributed by atoms with van der Waals surface area (Å²) in [5.74, 6) is 0.305.